The molecule has 13 heavy (non-hydrogen) atoms. The number of benzene rings is 1. The highest BCUT2D eigenvalue weighted by Gasteiger charge is 2.03. The quantitative estimate of drug-likeness (QED) is 0.583. The summed E-state index contributed by atoms with van der Waals surface area (Å²) < 4.78 is 0. The van der Waals surface area contributed by atoms with Crippen LogP contribution in [0.3, 0.4) is 0 Å². The zero-order chi connectivity index (χ0) is 9.84. The summed E-state index contributed by atoms with van der Waals surface area (Å²) in [5.41, 5.74) is 6.43. The van der Waals surface area contributed by atoms with Gasteiger partial charge in [0.15, 0.2) is 0 Å². The highest BCUT2D eigenvalue weighted by atomic mass is 16.3. The van der Waals surface area contributed by atoms with Crippen LogP contribution in [-0.2, 0) is 4.79 Å². The first kappa shape index (κ1) is 9.54. The maximum atomic E-state index is 10.9. The van der Waals surface area contributed by atoms with Crippen molar-refractivity contribution in [2.24, 2.45) is 5.73 Å². The smallest absolute Gasteiger partial charge is 0.238 e. The molecule has 1 aromatic carbocycles. The van der Waals surface area contributed by atoms with E-state index in [1.165, 1.54) is 0 Å². The number of nitrogens with two attached hydrogens (primary N) is 1. The van der Waals surface area contributed by atoms with Crippen LogP contribution in [0.25, 0.3) is 0 Å². The van der Waals surface area contributed by atoms with E-state index < -0.39 is 0 Å². The minimum atomic E-state index is -0.320. The highest BCUT2D eigenvalue weighted by Crippen LogP contribution is 2.23. The fourth-order valence-electron chi connectivity index (χ4n) is 0.949. The van der Waals surface area contributed by atoms with E-state index in [4.69, 9.17) is 5.73 Å². The van der Waals surface area contributed by atoms with Gasteiger partial charge in [-0.25, -0.2) is 0 Å². The van der Waals surface area contributed by atoms with Crippen molar-refractivity contribution in [1.29, 1.82) is 0 Å². The van der Waals surface area contributed by atoms with Crippen LogP contribution in [0, 0.1) is 6.92 Å². The summed E-state index contributed by atoms with van der Waals surface area (Å²) in [6.45, 7) is 1.77. The van der Waals surface area contributed by atoms with Gasteiger partial charge in [0.2, 0.25) is 5.91 Å². The van der Waals surface area contributed by atoms with Gasteiger partial charge >= 0.3 is 0 Å². The molecule has 0 aliphatic rings. The number of amides is 1. The van der Waals surface area contributed by atoms with Gasteiger partial charge in [0.05, 0.1) is 12.2 Å². The lowest BCUT2D eigenvalue weighted by atomic mass is 10.2. The third-order valence-corrected chi connectivity index (χ3v) is 1.61. The summed E-state index contributed by atoms with van der Waals surface area (Å²) in [6, 6.07) is 5.01. The van der Waals surface area contributed by atoms with E-state index in [1.54, 1.807) is 18.2 Å². The molecule has 4 heteroatoms. The van der Waals surface area contributed by atoms with Gasteiger partial charge in [-0.1, -0.05) is 6.07 Å². The van der Waals surface area contributed by atoms with Gasteiger partial charge in [-0.2, -0.15) is 0 Å². The average molecular weight is 180 g/mol. The van der Waals surface area contributed by atoms with Crippen LogP contribution in [0.5, 0.6) is 5.75 Å². The number of phenols is 1. The van der Waals surface area contributed by atoms with Gasteiger partial charge in [0, 0.05) is 0 Å². The van der Waals surface area contributed by atoms with Gasteiger partial charge in [0.25, 0.3) is 0 Å². The third kappa shape index (κ3) is 2.45. The number of carbonyl (C=O) groups excluding carboxylic acids is 1. The second-order valence-electron chi connectivity index (χ2n) is 2.77. The molecule has 0 fully saturated rings. The lowest BCUT2D eigenvalue weighted by Gasteiger charge is -2.06. The number of aromatic hydroxyl groups is 1. The van der Waals surface area contributed by atoms with Crippen molar-refractivity contribution in [3.05, 3.63) is 23.8 Å². The molecule has 0 heterocycles. The normalized spacial score (nSPS) is 9.69. The number of rotatable bonds is 2. The summed E-state index contributed by atoms with van der Waals surface area (Å²) >= 11 is 0. The third-order valence-electron chi connectivity index (χ3n) is 1.61. The zero-order valence-electron chi connectivity index (χ0n) is 7.37. The van der Waals surface area contributed by atoms with Gasteiger partial charge in [-0.3, -0.25) is 4.79 Å². The highest BCUT2D eigenvalue weighted by molar-refractivity contribution is 5.93. The molecule has 0 aromatic heterocycles. The van der Waals surface area contributed by atoms with Crippen molar-refractivity contribution in [2.75, 3.05) is 11.9 Å². The van der Waals surface area contributed by atoms with Crippen LogP contribution in [-0.4, -0.2) is 17.6 Å². The Hall–Kier alpha value is -1.55. The summed E-state index contributed by atoms with van der Waals surface area (Å²) in [7, 11) is 0. The van der Waals surface area contributed by atoms with Crippen LogP contribution < -0.4 is 11.1 Å². The monoisotopic (exact) mass is 180 g/mol. The van der Waals surface area contributed by atoms with Crippen LogP contribution in [0.4, 0.5) is 5.69 Å². The van der Waals surface area contributed by atoms with Crippen LogP contribution >= 0.6 is 0 Å². The number of nitrogens with one attached hydrogen (secondary N) is 1. The minimum absolute atomic E-state index is 0.0572. The molecule has 0 atom stereocenters. The minimum Gasteiger partial charge on any atom is -0.506 e. The van der Waals surface area contributed by atoms with Gasteiger partial charge < -0.3 is 16.2 Å². The van der Waals surface area contributed by atoms with Crippen molar-refractivity contribution in [3.63, 3.8) is 0 Å². The van der Waals surface area contributed by atoms with E-state index in [2.05, 4.69) is 5.32 Å². The summed E-state index contributed by atoms with van der Waals surface area (Å²) in [5.74, 6) is -0.263. The van der Waals surface area contributed by atoms with Crippen molar-refractivity contribution >= 4 is 11.6 Å². The van der Waals surface area contributed by atoms with Gasteiger partial charge in [0.1, 0.15) is 5.75 Å². The molecule has 1 amide bonds. The molecule has 0 unspecified atom stereocenters. The van der Waals surface area contributed by atoms with Crippen LogP contribution in [0.2, 0.25) is 0 Å². The number of phenolic OH excluding ortho intramolecular Hbond substituents is 1. The van der Waals surface area contributed by atoms with Gasteiger partial charge in [-0.05, 0) is 24.6 Å². The Balaban J connectivity index is 2.83. The standard InChI is InChI=1S/C9H12N2O2/c1-6-2-3-7(8(12)4-6)11-9(13)5-10/h2-4,12H,5,10H2,1H3,(H,11,13). The number of hydrogen-bond acceptors (Lipinski definition) is 3. The van der Waals surface area contributed by atoms with Crippen molar-refractivity contribution in [2.45, 2.75) is 6.92 Å². The number of hydrogen-bond donors (Lipinski definition) is 3. The van der Waals surface area contributed by atoms with E-state index in [-0.39, 0.29) is 18.2 Å². The van der Waals surface area contributed by atoms with E-state index in [0.29, 0.717) is 5.69 Å². The van der Waals surface area contributed by atoms with Crippen molar-refractivity contribution < 1.29 is 9.90 Å². The molecule has 0 aliphatic carbocycles. The molecule has 1 rings (SSSR count). The summed E-state index contributed by atoms with van der Waals surface area (Å²) in [5, 5.41) is 11.9. The average Bonchev–Trinajstić information content (AvgIpc) is 2.09. The molecule has 70 valence electrons. The second kappa shape index (κ2) is 3.91. The number of carbonyl (C=O) groups is 1. The molecule has 4 N–H and O–H groups in total. The molecule has 0 bridgehead atoms. The second-order valence-corrected chi connectivity index (χ2v) is 2.77. The molecule has 0 saturated heterocycles. The Morgan fingerprint density at radius 2 is 2.31 bits per heavy atom. The molecule has 0 radical (unpaired) electrons. The first-order chi connectivity index (χ1) is 6.13. The zero-order valence-corrected chi connectivity index (χ0v) is 7.37. The van der Waals surface area contributed by atoms with Crippen molar-refractivity contribution in [1.82, 2.24) is 0 Å². The predicted molar refractivity (Wildman–Crippen MR) is 50.5 cm³/mol. The first-order valence-corrected chi connectivity index (χ1v) is 3.93. The predicted octanol–water partition coefficient (Wildman–Crippen LogP) is 0.598. The Kier molecular flexibility index (Phi) is 2.87. The van der Waals surface area contributed by atoms with E-state index >= 15 is 0 Å². The van der Waals surface area contributed by atoms with Crippen LogP contribution in [0.15, 0.2) is 18.2 Å². The molecule has 0 spiro atoms. The number of anilines is 1. The summed E-state index contributed by atoms with van der Waals surface area (Å²) in [6.07, 6.45) is 0. The SMILES string of the molecule is Cc1ccc(NC(=O)CN)c(O)c1. The largest absolute Gasteiger partial charge is 0.506 e. The summed E-state index contributed by atoms with van der Waals surface area (Å²) in [4.78, 5) is 10.9. The molecular weight excluding hydrogens is 168 g/mol. The Morgan fingerprint density at radius 3 is 2.85 bits per heavy atom. The van der Waals surface area contributed by atoms with Crippen molar-refractivity contribution in [3.8, 4) is 5.75 Å². The Morgan fingerprint density at radius 1 is 1.62 bits per heavy atom. The lowest BCUT2D eigenvalue weighted by molar-refractivity contribution is -0.114. The number of aryl methyl sites for hydroxylation is 1. The molecule has 4 nitrogen and oxygen atoms in total. The van der Waals surface area contributed by atoms with Crippen LogP contribution in [0.1, 0.15) is 5.56 Å². The fourth-order valence-corrected chi connectivity index (χ4v) is 0.949. The molecule has 1 aromatic rings. The maximum absolute atomic E-state index is 10.9. The molecule has 0 saturated carbocycles. The molecular formula is C9H12N2O2. The van der Waals surface area contributed by atoms with E-state index in [9.17, 15) is 9.90 Å². The topological polar surface area (TPSA) is 75.4 Å². The van der Waals surface area contributed by atoms with Gasteiger partial charge in [-0.15, -0.1) is 0 Å². The Labute approximate surface area is 76.4 Å². The molecule has 0 aliphatic heterocycles. The maximum Gasteiger partial charge on any atom is 0.238 e. The lowest BCUT2D eigenvalue weighted by Crippen LogP contribution is -2.21. The fraction of sp³-hybridized carbons (Fsp3) is 0.222. The Bertz CT molecular complexity index is 323. The first-order valence-electron chi connectivity index (χ1n) is 3.93. The van der Waals surface area contributed by atoms with E-state index in [0.717, 1.165) is 5.56 Å². The van der Waals surface area contributed by atoms with E-state index in [1.807, 2.05) is 6.92 Å².